The fourth-order valence-electron chi connectivity index (χ4n) is 9.37. The largest absolute Gasteiger partial charge is 0.469 e. The lowest BCUT2D eigenvalue weighted by Crippen LogP contribution is -2.55. The van der Waals surface area contributed by atoms with Crippen LogP contribution in [-0.2, 0) is 4.79 Å². The van der Waals surface area contributed by atoms with Gasteiger partial charge in [-0.3, -0.25) is 4.79 Å². The van der Waals surface area contributed by atoms with Crippen molar-refractivity contribution < 1.29 is 14.6 Å². The number of ketones is 1. The number of fused-ring (bicyclic) bond motifs is 6. The highest BCUT2D eigenvalue weighted by Gasteiger charge is 2.57. The van der Waals surface area contributed by atoms with Crippen LogP contribution in [0.4, 0.5) is 0 Å². The van der Waals surface area contributed by atoms with Crippen molar-refractivity contribution in [3.8, 4) is 5.88 Å². The van der Waals surface area contributed by atoms with Crippen LogP contribution in [0.2, 0.25) is 0 Å². The second-order valence-electron chi connectivity index (χ2n) is 13.1. The maximum atomic E-state index is 13.7. The normalized spacial score (nSPS) is 40.1. The van der Waals surface area contributed by atoms with Crippen molar-refractivity contribution >= 4 is 16.7 Å². The zero-order valence-corrected chi connectivity index (χ0v) is 22.2. The minimum absolute atomic E-state index is 0.0804. The van der Waals surface area contributed by atoms with E-state index in [-0.39, 0.29) is 23.7 Å². The van der Waals surface area contributed by atoms with E-state index in [1.807, 2.05) is 32.0 Å². The van der Waals surface area contributed by atoms with Gasteiger partial charge < -0.3 is 9.84 Å². The molecule has 0 amide bonds. The van der Waals surface area contributed by atoms with E-state index >= 15 is 0 Å². The molecule has 0 saturated heterocycles. The molecule has 1 aromatic carbocycles. The molecule has 4 aliphatic rings. The highest BCUT2D eigenvalue weighted by atomic mass is 16.5. The van der Waals surface area contributed by atoms with Crippen molar-refractivity contribution in [1.29, 1.82) is 0 Å². The van der Waals surface area contributed by atoms with Crippen molar-refractivity contribution in [1.82, 2.24) is 9.97 Å². The van der Waals surface area contributed by atoms with Gasteiger partial charge in [0.25, 0.3) is 0 Å². The van der Waals surface area contributed by atoms with Gasteiger partial charge in [0.05, 0.1) is 16.5 Å². The average molecular weight is 491 g/mol. The monoisotopic (exact) mass is 490 g/mol. The van der Waals surface area contributed by atoms with Crippen LogP contribution in [0.1, 0.15) is 83.6 Å². The fourth-order valence-corrected chi connectivity index (χ4v) is 9.37. The summed E-state index contributed by atoms with van der Waals surface area (Å²) in [6.07, 6.45) is 13.0. The number of Topliss-reactive ketones (excluding diaryl/α,β-unsaturated/α-hetero) is 1. The Hall–Kier alpha value is -2.01. The number of hydrogen-bond acceptors (Lipinski definition) is 5. The first-order chi connectivity index (χ1) is 17.3. The van der Waals surface area contributed by atoms with E-state index in [9.17, 15) is 9.90 Å². The van der Waals surface area contributed by atoms with Crippen LogP contribution in [0.5, 0.6) is 5.88 Å². The number of para-hydroxylation sites is 1. The van der Waals surface area contributed by atoms with Crippen LogP contribution in [0.15, 0.2) is 24.5 Å². The molecule has 6 rings (SSSR count). The number of benzene rings is 1. The average Bonchev–Trinajstić information content (AvgIpc) is 2.86. The third-order valence-corrected chi connectivity index (χ3v) is 11.0. The molecule has 2 aromatic rings. The molecule has 0 spiro atoms. The summed E-state index contributed by atoms with van der Waals surface area (Å²) in [6.45, 7) is 6.60. The highest BCUT2D eigenvalue weighted by Crippen LogP contribution is 2.63. The van der Waals surface area contributed by atoms with Gasteiger partial charge in [0.15, 0.2) is 5.78 Å². The summed E-state index contributed by atoms with van der Waals surface area (Å²) in [4.78, 5) is 22.5. The Bertz CT molecular complexity index is 1150. The van der Waals surface area contributed by atoms with Gasteiger partial charge in [-0.25, -0.2) is 9.97 Å². The number of carbonyl (C=O) groups excluding carboxylic acids is 1. The number of carbonyl (C=O) groups is 1. The Morgan fingerprint density at radius 2 is 1.86 bits per heavy atom. The third kappa shape index (κ3) is 4.06. The zero-order chi connectivity index (χ0) is 25.1. The zero-order valence-electron chi connectivity index (χ0n) is 22.2. The van der Waals surface area contributed by atoms with Gasteiger partial charge in [-0.1, -0.05) is 25.5 Å². The van der Waals surface area contributed by atoms with Gasteiger partial charge in [-0.15, -0.1) is 0 Å². The van der Waals surface area contributed by atoms with Crippen LogP contribution < -0.4 is 4.74 Å². The second kappa shape index (κ2) is 9.08. The van der Waals surface area contributed by atoms with E-state index in [0.717, 1.165) is 66.3 Å². The number of aryl methyl sites for hydroxylation is 1. The van der Waals surface area contributed by atoms with Crippen molar-refractivity contribution in [3.05, 3.63) is 30.1 Å². The number of rotatable bonds is 4. The van der Waals surface area contributed by atoms with Crippen LogP contribution >= 0.6 is 0 Å². The molecular formula is C31H42N2O3. The molecular weight excluding hydrogens is 448 g/mol. The summed E-state index contributed by atoms with van der Waals surface area (Å²) in [5.41, 5.74) is 1.59. The van der Waals surface area contributed by atoms with Crippen molar-refractivity contribution in [2.24, 2.45) is 40.9 Å². The van der Waals surface area contributed by atoms with Crippen LogP contribution in [0, 0.1) is 47.8 Å². The first-order valence-electron chi connectivity index (χ1n) is 14.3. The number of nitrogens with zero attached hydrogens (tertiary/aromatic N) is 2. The van der Waals surface area contributed by atoms with Gasteiger partial charge in [-0.05, 0) is 118 Å². The molecule has 1 N–H and O–H groups in total. The van der Waals surface area contributed by atoms with E-state index < -0.39 is 5.60 Å². The molecule has 5 heteroatoms. The van der Waals surface area contributed by atoms with E-state index in [2.05, 4.69) is 16.9 Å². The van der Waals surface area contributed by atoms with Gasteiger partial charge in [-0.2, -0.15) is 0 Å². The van der Waals surface area contributed by atoms with Gasteiger partial charge in [0.1, 0.15) is 12.9 Å². The molecule has 0 unspecified atom stereocenters. The molecule has 8 atom stereocenters. The van der Waals surface area contributed by atoms with Gasteiger partial charge in [0.2, 0.25) is 5.88 Å². The van der Waals surface area contributed by atoms with Crippen molar-refractivity contribution in [2.45, 2.75) is 90.6 Å². The third-order valence-electron chi connectivity index (χ3n) is 11.0. The summed E-state index contributed by atoms with van der Waals surface area (Å²) < 4.78 is 6.09. The smallest absolute Gasteiger partial charge is 0.224 e. The minimum Gasteiger partial charge on any atom is -0.469 e. The topological polar surface area (TPSA) is 72.3 Å². The quantitative estimate of drug-likeness (QED) is 0.545. The SMILES string of the molecule is Cc1cccc2c(OCC(=O)[C@H]3CCC[C@H]4[C@@H]5CC[C@@H]6C[C@](C)(O)CC[C@@H]6[C@H]5CC[C@]34C)ncnc12. The predicted octanol–water partition coefficient (Wildman–Crippen LogP) is 6.30. The Morgan fingerprint density at radius 1 is 1.03 bits per heavy atom. The summed E-state index contributed by atoms with van der Waals surface area (Å²) >= 11 is 0. The van der Waals surface area contributed by atoms with Crippen molar-refractivity contribution in [2.75, 3.05) is 6.61 Å². The molecule has 1 aromatic heterocycles. The molecule has 1 heterocycles. The van der Waals surface area contributed by atoms with Gasteiger partial charge >= 0.3 is 0 Å². The molecule has 4 saturated carbocycles. The van der Waals surface area contributed by atoms with E-state index in [4.69, 9.17) is 4.74 Å². The van der Waals surface area contributed by atoms with E-state index in [1.165, 1.54) is 38.4 Å². The molecule has 4 aliphatic carbocycles. The molecule has 0 radical (unpaired) electrons. The number of aromatic nitrogens is 2. The van der Waals surface area contributed by atoms with Crippen LogP contribution in [-0.4, -0.2) is 33.1 Å². The Labute approximate surface area is 215 Å². The standard InChI is InChI=1S/C31H42N2O3/c1-19-6-4-7-24-28(19)32-18-33-29(24)36-17-27(34)26-9-5-8-25-23-11-10-20-16-30(2,35)14-12-21(20)22(23)13-15-31(25,26)3/h4,6-7,18,20-23,25-26,35H,5,8-17H2,1-3H3/t20-,21+,22-,23-,25+,26-,30-,31+/m1/s1. The first-order valence-corrected chi connectivity index (χ1v) is 14.3. The Kier molecular flexibility index (Phi) is 6.13. The van der Waals surface area contributed by atoms with Crippen LogP contribution in [0.25, 0.3) is 10.9 Å². The lowest BCUT2D eigenvalue weighted by molar-refractivity contribution is -0.149. The van der Waals surface area contributed by atoms with Gasteiger partial charge in [0, 0.05) is 5.92 Å². The maximum absolute atomic E-state index is 13.7. The highest BCUT2D eigenvalue weighted by molar-refractivity contribution is 5.87. The van der Waals surface area contributed by atoms with Crippen molar-refractivity contribution in [3.63, 3.8) is 0 Å². The molecule has 5 nitrogen and oxygen atoms in total. The predicted molar refractivity (Wildman–Crippen MR) is 141 cm³/mol. The first kappa shape index (κ1) is 24.3. The molecule has 36 heavy (non-hydrogen) atoms. The number of aliphatic hydroxyl groups is 1. The summed E-state index contributed by atoms with van der Waals surface area (Å²) in [7, 11) is 0. The molecule has 0 bridgehead atoms. The van der Waals surface area contributed by atoms with E-state index in [1.54, 1.807) is 0 Å². The second-order valence-corrected chi connectivity index (χ2v) is 13.1. The Morgan fingerprint density at radius 3 is 2.72 bits per heavy atom. The number of hydrogen-bond donors (Lipinski definition) is 1. The van der Waals surface area contributed by atoms with E-state index in [0.29, 0.717) is 17.7 Å². The van der Waals surface area contributed by atoms with Crippen LogP contribution in [0.3, 0.4) is 0 Å². The lowest BCUT2D eigenvalue weighted by atomic mass is 9.44. The molecule has 0 aliphatic heterocycles. The maximum Gasteiger partial charge on any atom is 0.224 e. The summed E-state index contributed by atoms with van der Waals surface area (Å²) in [5.74, 6) is 4.51. The molecule has 194 valence electrons. The number of ether oxygens (including phenoxy) is 1. The fraction of sp³-hybridized carbons (Fsp3) is 0.710. The summed E-state index contributed by atoms with van der Waals surface area (Å²) in [6, 6.07) is 6.00. The minimum atomic E-state index is -0.465. The molecule has 4 fully saturated rings. The summed E-state index contributed by atoms with van der Waals surface area (Å²) in [5, 5.41) is 11.6. The Balaban J connectivity index is 1.17. The lowest BCUT2D eigenvalue weighted by Gasteiger charge is -2.60.